The van der Waals surface area contributed by atoms with Gasteiger partial charge in [0, 0.05) is 34.3 Å². The summed E-state index contributed by atoms with van der Waals surface area (Å²) in [7, 11) is -0.749. The molecule has 0 saturated heterocycles. The van der Waals surface area contributed by atoms with Crippen molar-refractivity contribution < 1.29 is 13.7 Å². The first-order valence-electron chi connectivity index (χ1n) is 8.69. The number of nitrogens with zero attached hydrogens (tertiary/aromatic N) is 3. The molecule has 1 N–H and O–H groups in total. The zero-order valence-corrected chi connectivity index (χ0v) is 15.3. The standard InChI is InChI=1S/C18H20N4O3S/c1-2-26(23)9-3-7-24-15-5-4-13(16-12(15)6-8-25-16)17-21-14-10-19-11-20-18(14)22-17/h4-5,10-11H,2-3,6-9H2,1H3,(H,19,20,21,22). The van der Waals surface area contributed by atoms with E-state index in [1.807, 2.05) is 19.1 Å². The van der Waals surface area contributed by atoms with Crippen molar-refractivity contribution in [2.75, 3.05) is 24.7 Å². The van der Waals surface area contributed by atoms with Crippen LogP contribution in [0.15, 0.2) is 24.7 Å². The van der Waals surface area contributed by atoms with Crippen LogP contribution in [-0.2, 0) is 17.2 Å². The van der Waals surface area contributed by atoms with Gasteiger partial charge in [0.05, 0.1) is 25.0 Å². The van der Waals surface area contributed by atoms with Crippen LogP contribution in [0.25, 0.3) is 22.6 Å². The third kappa shape index (κ3) is 3.29. The van der Waals surface area contributed by atoms with Crippen LogP contribution in [0.2, 0.25) is 0 Å². The van der Waals surface area contributed by atoms with Crippen LogP contribution in [0.5, 0.6) is 11.5 Å². The van der Waals surface area contributed by atoms with Crippen molar-refractivity contribution in [2.24, 2.45) is 0 Å². The summed E-state index contributed by atoms with van der Waals surface area (Å²) in [6, 6.07) is 3.91. The van der Waals surface area contributed by atoms with Crippen molar-refractivity contribution in [2.45, 2.75) is 19.8 Å². The summed E-state index contributed by atoms with van der Waals surface area (Å²) in [6.07, 6.45) is 4.77. The first-order valence-corrected chi connectivity index (χ1v) is 10.2. The smallest absolute Gasteiger partial charge is 0.181 e. The summed E-state index contributed by atoms with van der Waals surface area (Å²) in [5.74, 6) is 3.72. The first-order chi connectivity index (χ1) is 12.8. The molecule has 0 aliphatic carbocycles. The van der Waals surface area contributed by atoms with Gasteiger partial charge in [-0.15, -0.1) is 0 Å². The summed E-state index contributed by atoms with van der Waals surface area (Å²) in [4.78, 5) is 16.0. The number of benzene rings is 1. The number of imidazole rings is 1. The Morgan fingerprint density at radius 2 is 2.31 bits per heavy atom. The van der Waals surface area contributed by atoms with E-state index in [4.69, 9.17) is 9.47 Å². The van der Waals surface area contributed by atoms with Gasteiger partial charge < -0.3 is 14.5 Å². The van der Waals surface area contributed by atoms with Crippen LogP contribution >= 0.6 is 0 Å². The number of aromatic nitrogens is 4. The van der Waals surface area contributed by atoms with E-state index < -0.39 is 10.8 Å². The minimum absolute atomic E-state index is 0.553. The number of ether oxygens (including phenoxy) is 2. The third-order valence-corrected chi connectivity index (χ3v) is 5.72. The maximum Gasteiger partial charge on any atom is 0.181 e. The van der Waals surface area contributed by atoms with Gasteiger partial charge in [-0.25, -0.2) is 15.0 Å². The number of hydrogen-bond acceptors (Lipinski definition) is 6. The second-order valence-corrected chi connectivity index (χ2v) is 7.86. The zero-order chi connectivity index (χ0) is 17.9. The van der Waals surface area contributed by atoms with E-state index in [1.165, 1.54) is 6.33 Å². The predicted molar refractivity (Wildman–Crippen MR) is 100.0 cm³/mol. The summed E-state index contributed by atoms with van der Waals surface area (Å²) in [5, 5.41) is 0. The van der Waals surface area contributed by atoms with E-state index >= 15 is 0 Å². The average Bonchev–Trinajstić information content (AvgIpc) is 3.31. The summed E-state index contributed by atoms with van der Waals surface area (Å²) in [5.41, 5.74) is 3.38. The van der Waals surface area contributed by atoms with Gasteiger partial charge in [-0.3, -0.25) is 4.21 Å². The molecule has 4 rings (SSSR count). The molecule has 1 aliphatic heterocycles. The van der Waals surface area contributed by atoms with E-state index in [0.717, 1.165) is 41.0 Å². The lowest BCUT2D eigenvalue weighted by molar-refractivity contribution is 0.315. The minimum atomic E-state index is -0.749. The Labute approximate surface area is 153 Å². The molecule has 1 aliphatic rings. The number of fused-ring (bicyclic) bond motifs is 2. The van der Waals surface area contributed by atoms with Crippen LogP contribution in [0, 0.1) is 0 Å². The Balaban J connectivity index is 1.57. The van der Waals surface area contributed by atoms with Crippen LogP contribution in [0.1, 0.15) is 18.9 Å². The molecule has 1 unspecified atom stereocenters. The van der Waals surface area contributed by atoms with Gasteiger partial charge in [-0.2, -0.15) is 0 Å². The van der Waals surface area contributed by atoms with Crippen molar-refractivity contribution >= 4 is 22.0 Å². The highest BCUT2D eigenvalue weighted by molar-refractivity contribution is 7.84. The molecular formula is C18H20N4O3S. The number of rotatable bonds is 7. The molecule has 1 atom stereocenters. The molecular weight excluding hydrogens is 352 g/mol. The SMILES string of the molecule is CCS(=O)CCCOc1ccc(-c2nc3ncncc3[nH]2)c2c1CCO2. The number of H-pyrrole nitrogens is 1. The lowest BCUT2D eigenvalue weighted by atomic mass is 10.1. The predicted octanol–water partition coefficient (Wildman–Crippen LogP) is 2.49. The first kappa shape index (κ1) is 17.0. The molecule has 3 aromatic rings. The largest absolute Gasteiger partial charge is 0.493 e. The molecule has 1 aromatic carbocycles. The van der Waals surface area contributed by atoms with Crippen LogP contribution < -0.4 is 9.47 Å². The molecule has 0 spiro atoms. The Morgan fingerprint density at radius 3 is 3.15 bits per heavy atom. The van der Waals surface area contributed by atoms with E-state index in [2.05, 4.69) is 19.9 Å². The Bertz CT molecular complexity index is 924. The molecule has 0 bridgehead atoms. The maximum absolute atomic E-state index is 11.5. The van der Waals surface area contributed by atoms with Gasteiger partial charge >= 0.3 is 0 Å². The number of aromatic amines is 1. The van der Waals surface area contributed by atoms with Crippen LogP contribution in [-0.4, -0.2) is 48.9 Å². The van der Waals surface area contributed by atoms with Crippen LogP contribution in [0.4, 0.5) is 0 Å². The van der Waals surface area contributed by atoms with Crippen LogP contribution in [0.3, 0.4) is 0 Å². The van der Waals surface area contributed by atoms with Crippen molar-refractivity contribution in [1.29, 1.82) is 0 Å². The minimum Gasteiger partial charge on any atom is -0.493 e. The molecule has 8 heteroatoms. The lowest BCUT2D eigenvalue weighted by Gasteiger charge is -2.12. The fourth-order valence-corrected chi connectivity index (χ4v) is 3.75. The average molecular weight is 372 g/mol. The quantitative estimate of drug-likeness (QED) is 0.641. The van der Waals surface area contributed by atoms with Gasteiger partial charge in [0.2, 0.25) is 0 Å². The van der Waals surface area contributed by atoms with E-state index in [0.29, 0.717) is 36.2 Å². The molecule has 26 heavy (non-hydrogen) atoms. The van der Waals surface area contributed by atoms with Crippen molar-refractivity contribution in [3.63, 3.8) is 0 Å². The second-order valence-electron chi connectivity index (χ2n) is 6.00. The van der Waals surface area contributed by atoms with E-state index in [-0.39, 0.29) is 0 Å². The second kappa shape index (κ2) is 7.41. The third-order valence-electron chi connectivity index (χ3n) is 4.33. The molecule has 2 aromatic heterocycles. The Kier molecular flexibility index (Phi) is 4.83. The number of nitrogens with one attached hydrogen (secondary N) is 1. The molecule has 0 saturated carbocycles. The summed E-state index contributed by atoms with van der Waals surface area (Å²) < 4.78 is 23.3. The van der Waals surface area contributed by atoms with Gasteiger partial charge in [0.1, 0.15) is 29.2 Å². The topological polar surface area (TPSA) is 90.0 Å². The summed E-state index contributed by atoms with van der Waals surface area (Å²) in [6.45, 7) is 3.11. The molecule has 0 amide bonds. The molecule has 0 radical (unpaired) electrons. The molecule has 3 heterocycles. The van der Waals surface area contributed by atoms with Crippen molar-refractivity contribution in [3.8, 4) is 22.9 Å². The normalized spacial score (nSPS) is 14.2. The number of hydrogen-bond donors (Lipinski definition) is 1. The van der Waals surface area contributed by atoms with Gasteiger partial charge in [-0.1, -0.05) is 6.92 Å². The van der Waals surface area contributed by atoms with Gasteiger partial charge in [0.15, 0.2) is 5.65 Å². The molecule has 136 valence electrons. The highest BCUT2D eigenvalue weighted by atomic mass is 32.2. The van der Waals surface area contributed by atoms with E-state index in [1.54, 1.807) is 6.20 Å². The lowest BCUT2D eigenvalue weighted by Crippen LogP contribution is -2.06. The van der Waals surface area contributed by atoms with Crippen molar-refractivity contribution in [3.05, 3.63) is 30.2 Å². The fourth-order valence-electron chi connectivity index (χ4n) is 3.02. The molecule has 7 nitrogen and oxygen atoms in total. The maximum atomic E-state index is 11.5. The fraction of sp³-hybridized carbons (Fsp3) is 0.389. The summed E-state index contributed by atoms with van der Waals surface area (Å²) >= 11 is 0. The van der Waals surface area contributed by atoms with Crippen molar-refractivity contribution in [1.82, 2.24) is 19.9 Å². The zero-order valence-electron chi connectivity index (χ0n) is 14.5. The van der Waals surface area contributed by atoms with E-state index in [9.17, 15) is 4.21 Å². The van der Waals surface area contributed by atoms with Gasteiger partial charge in [-0.05, 0) is 18.6 Å². The highest BCUT2D eigenvalue weighted by Gasteiger charge is 2.23. The highest BCUT2D eigenvalue weighted by Crippen LogP contribution is 2.41. The Hall–Kier alpha value is -2.48. The Morgan fingerprint density at radius 1 is 1.38 bits per heavy atom. The van der Waals surface area contributed by atoms with Gasteiger partial charge in [0.25, 0.3) is 0 Å². The molecule has 0 fully saturated rings. The monoisotopic (exact) mass is 372 g/mol.